The summed E-state index contributed by atoms with van der Waals surface area (Å²) in [7, 11) is -3.12. The molecular weight excluding hydrogens is 202 g/mol. The molecule has 0 aromatic heterocycles. The van der Waals surface area contributed by atoms with Gasteiger partial charge in [0, 0.05) is 18.6 Å². The van der Waals surface area contributed by atoms with E-state index < -0.39 is 10.0 Å². The van der Waals surface area contributed by atoms with Crippen LogP contribution in [0.15, 0.2) is 0 Å². The maximum Gasteiger partial charge on any atom is 0.211 e. The minimum Gasteiger partial charge on any atom is -0.396 e. The fourth-order valence-electron chi connectivity index (χ4n) is 1.88. The lowest BCUT2D eigenvalue weighted by Gasteiger charge is -2.26. The van der Waals surface area contributed by atoms with E-state index in [4.69, 9.17) is 0 Å². The van der Waals surface area contributed by atoms with Crippen LogP contribution in [0.2, 0.25) is 0 Å². The van der Waals surface area contributed by atoms with Crippen molar-refractivity contribution < 1.29 is 13.5 Å². The topological polar surface area (TPSA) is 66.4 Å². The van der Waals surface area contributed by atoms with E-state index in [0.29, 0.717) is 6.54 Å². The van der Waals surface area contributed by atoms with Gasteiger partial charge >= 0.3 is 0 Å². The summed E-state index contributed by atoms with van der Waals surface area (Å²) in [6, 6.07) is 0. The summed E-state index contributed by atoms with van der Waals surface area (Å²) in [4.78, 5) is 0. The van der Waals surface area contributed by atoms with Gasteiger partial charge in [-0.3, -0.25) is 0 Å². The van der Waals surface area contributed by atoms with E-state index in [1.54, 1.807) is 6.92 Å². The van der Waals surface area contributed by atoms with Crippen LogP contribution in [0, 0.1) is 5.41 Å². The standard InChI is InChI=1S/C9H19NO3S/c1-2-14(12,13)10-7-9(8-11)5-3-4-6-9/h10-11H,2-8H2,1H3. The Balaban J connectivity index is 2.50. The van der Waals surface area contributed by atoms with E-state index in [2.05, 4.69) is 4.72 Å². The van der Waals surface area contributed by atoms with Crippen molar-refractivity contribution in [1.29, 1.82) is 0 Å². The molecule has 84 valence electrons. The summed E-state index contributed by atoms with van der Waals surface area (Å²) in [5.41, 5.74) is -0.192. The van der Waals surface area contributed by atoms with Crippen LogP contribution < -0.4 is 4.72 Å². The molecule has 1 rings (SSSR count). The lowest BCUT2D eigenvalue weighted by atomic mass is 9.88. The van der Waals surface area contributed by atoms with Gasteiger partial charge in [-0.05, 0) is 19.8 Å². The van der Waals surface area contributed by atoms with Crippen LogP contribution in [0.5, 0.6) is 0 Å². The molecule has 0 spiro atoms. The van der Waals surface area contributed by atoms with Crippen molar-refractivity contribution in [3.63, 3.8) is 0 Å². The van der Waals surface area contributed by atoms with E-state index in [9.17, 15) is 13.5 Å². The predicted octanol–water partition coefficient (Wildman–Crippen LogP) is 0.478. The van der Waals surface area contributed by atoms with Gasteiger partial charge in [-0.1, -0.05) is 12.8 Å². The largest absolute Gasteiger partial charge is 0.396 e. The molecule has 4 nitrogen and oxygen atoms in total. The minimum absolute atomic E-state index is 0.0826. The zero-order chi connectivity index (χ0) is 10.7. The molecule has 0 aliphatic heterocycles. The van der Waals surface area contributed by atoms with Crippen molar-refractivity contribution in [2.24, 2.45) is 5.41 Å². The molecule has 0 aromatic rings. The molecule has 2 N–H and O–H groups in total. The Hall–Kier alpha value is -0.130. The molecule has 14 heavy (non-hydrogen) atoms. The zero-order valence-electron chi connectivity index (χ0n) is 8.62. The maximum absolute atomic E-state index is 11.2. The van der Waals surface area contributed by atoms with E-state index in [1.165, 1.54) is 0 Å². The van der Waals surface area contributed by atoms with Crippen LogP contribution >= 0.6 is 0 Å². The second kappa shape index (κ2) is 4.59. The van der Waals surface area contributed by atoms with Crippen LogP contribution in [0.1, 0.15) is 32.6 Å². The number of sulfonamides is 1. The van der Waals surface area contributed by atoms with Gasteiger partial charge in [0.25, 0.3) is 0 Å². The molecule has 0 heterocycles. The average Bonchev–Trinajstić information content (AvgIpc) is 2.65. The van der Waals surface area contributed by atoms with Crippen LogP contribution in [0.25, 0.3) is 0 Å². The number of hydrogen-bond acceptors (Lipinski definition) is 3. The molecule has 1 fully saturated rings. The molecule has 0 amide bonds. The van der Waals surface area contributed by atoms with Gasteiger partial charge in [0.1, 0.15) is 0 Å². The molecule has 0 unspecified atom stereocenters. The average molecular weight is 221 g/mol. The SMILES string of the molecule is CCS(=O)(=O)NCC1(CO)CCCC1. The molecule has 1 saturated carbocycles. The first kappa shape index (κ1) is 11.9. The monoisotopic (exact) mass is 221 g/mol. The third-order valence-corrected chi connectivity index (χ3v) is 4.39. The van der Waals surface area contributed by atoms with Gasteiger partial charge in [0.05, 0.1) is 5.75 Å². The normalized spacial score (nSPS) is 21.3. The highest BCUT2D eigenvalue weighted by Gasteiger charge is 2.33. The third-order valence-electron chi connectivity index (χ3n) is 3.05. The van der Waals surface area contributed by atoms with Crippen molar-refractivity contribution >= 4 is 10.0 Å². The fourth-order valence-corrected chi connectivity index (χ4v) is 2.61. The third kappa shape index (κ3) is 2.93. The first-order chi connectivity index (χ1) is 6.54. The van der Waals surface area contributed by atoms with E-state index >= 15 is 0 Å². The summed E-state index contributed by atoms with van der Waals surface area (Å²) < 4.78 is 25.0. The first-order valence-electron chi connectivity index (χ1n) is 5.12. The molecular formula is C9H19NO3S. The predicted molar refractivity (Wildman–Crippen MR) is 55.5 cm³/mol. The highest BCUT2D eigenvalue weighted by atomic mass is 32.2. The van der Waals surface area contributed by atoms with Crippen LogP contribution in [-0.2, 0) is 10.0 Å². The van der Waals surface area contributed by atoms with Crippen molar-refractivity contribution in [3.05, 3.63) is 0 Å². The van der Waals surface area contributed by atoms with Crippen LogP contribution in [0.3, 0.4) is 0 Å². The molecule has 0 aromatic carbocycles. The van der Waals surface area contributed by atoms with E-state index in [-0.39, 0.29) is 17.8 Å². The number of hydrogen-bond donors (Lipinski definition) is 2. The number of rotatable bonds is 5. The number of nitrogens with one attached hydrogen (secondary N) is 1. The van der Waals surface area contributed by atoms with Gasteiger partial charge in [-0.15, -0.1) is 0 Å². The Bertz CT molecular complexity index is 268. The van der Waals surface area contributed by atoms with Gasteiger partial charge in [-0.25, -0.2) is 13.1 Å². The Kier molecular flexibility index (Phi) is 3.92. The van der Waals surface area contributed by atoms with E-state index in [0.717, 1.165) is 25.7 Å². The van der Waals surface area contributed by atoms with Gasteiger partial charge in [-0.2, -0.15) is 0 Å². The minimum atomic E-state index is -3.12. The Labute approximate surface area is 85.8 Å². The molecule has 1 aliphatic carbocycles. The second-order valence-electron chi connectivity index (χ2n) is 4.09. The highest BCUT2D eigenvalue weighted by Crippen LogP contribution is 2.36. The fraction of sp³-hybridized carbons (Fsp3) is 1.00. The molecule has 0 radical (unpaired) electrons. The Morgan fingerprint density at radius 1 is 1.36 bits per heavy atom. The first-order valence-corrected chi connectivity index (χ1v) is 6.77. The lowest BCUT2D eigenvalue weighted by Crippen LogP contribution is -2.38. The Morgan fingerprint density at radius 3 is 2.36 bits per heavy atom. The zero-order valence-corrected chi connectivity index (χ0v) is 9.44. The lowest BCUT2D eigenvalue weighted by molar-refractivity contribution is 0.134. The molecule has 5 heteroatoms. The summed E-state index contributed by atoms with van der Waals surface area (Å²) in [5.74, 6) is 0.106. The van der Waals surface area contributed by atoms with Crippen LogP contribution in [-0.4, -0.2) is 32.4 Å². The summed E-state index contributed by atoms with van der Waals surface area (Å²) in [5, 5.41) is 9.25. The van der Waals surface area contributed by atoms with Crippen molar-refractivity contribution in [1.82, 2.24) is 4.72 Å². The quantitative estimate of drug-likeness (QED) is 0.709. The molecule has 1 aliphatic rings. The Morgan fingerprint density at radius 2 is 1.93 bits per heavy atom. The van der Waals surface area contributed by atoms with Gasteiger partial charge < -0.3 is 5.11 Å². The number of aliphatic hydroxyl groups excluding tert-OH is 1. The summed E-state index contributed by atoms with van der Waals surface area (Å²) in [6.07, 6.45) is 4.04. The van der Waals surface area contributed by atoms with Crippen molar-refractivity contribution in [2.75, 3.05) is 18.9 Å². The molecule has 0 saturated heterocycles. The van der Waals surface area contributed by atoms with Crippen molar-refractivity contribution in [2.45, 2.75) is 32.6 Å². The summed E-state index contributed by atoms with van der Waals surface area (Å²) in [6.45, 7) is 2.08. The van der Waals surface area contributed by atoms with Gasteiger partial charge in [0.2, 0.25) is 10.0 Å². The maximum atomic E-state index is 11.2. The highest BCUT2D eigenvalue weighted by molar-refractivity contribution is 7.89. The van der Waals surface area contributed by atoms with Gasteiger partial charge in [0.15, 0.2) is 0 Å². The molecule has 0 bridgehead atoms. The smallest absolute Gasteiger partial charge is 0.211 e. The van der Waals surface area contributed by atoms with Crippen molar-refractivity contribution in [3.8, 4) is 0 Å². The number of aliphatic hydroxyl groups is 1. The van der Waals surface area contributed by atoms with Crippen LogP contribution in [0.4, 0.5) is 0 Å². The summed E-state index contributed by atoms with van der Waals surface area (Å²) >= 11 is 0. The molecule has 0 atom stereocenters. The van der Waals surface area contributed by atoms with E-state index in [1.807, 2.05) is 0 Å². The second-order valence-corrected chi connectivity index (χ2v) is 6.19.